The lowest BCUT2D eigenvalue weighted by atomic mass is 10.1. The predicted molar refractivity (Wildman–Crippen MR) is 102 cm³/mol. The van der Waals surface area contributed by atoms with Crippen LogP contribution in [0.15, 0.2) is 69.3 Å². The molecule has 4 rings (SSSR count). The molecule has 0 aliphatic heterocycles. The fraction of sp³-hybridized carbons (Fsp3) is 0.0526. The van der Waals surface area contributed by atoms with Gasteiger partial charge in [0, 0.05) is 11.1 Å². The molecule has 1 aromatic carbocycles. The zero-order chi connectivity index (χ0) is 17.1. The molecule has 4 aromatic rings. The summed E-state index contributed by atoms with van der Waals surface area (Å²) in [6, 6.07) is 13.6. The minimum Gasteiger partial charge on any atom is -0.462 e. The van der Waals surface area contributed by atoms with E-state index in [-0.39, 0.29) is 12.3 Å². The Balaban J connectivity index is 1.43. The fourth-order valence-corrected chi connectivity index (χ4v) is 3.93. The van der Waals surface area contributed by atoms with Gasteiger partial charge >= 0.3 is 0 Å². The largest absolute Gasteiger partial charge is 0.462 e. The molecule has 124 valence electrons. The van der Waals surface area contributed by atoms with Crippen LogP contribution in [0.1, 0.15) is 5.69 Å². The monoisotopic (exact) mass is 366 g/mol. The Labute approximate surface area is 152 Å². The van der Waals surface area contributed by atoms with Crippen molar-refractivity contribution in [3.8, 4) is 21.9 Å². The third-order valence-electron chi connectivity index (χ3n) is 3.63. The zero-order valence-electron chi connectivity index (χ0n) is 13.1. The van der Waals surface area contributed by atoms with Gasteiger partial charge < -0.3 is 9.73 Å². The van der Waals surface area contributed by atoms with Crippen LogP contribution in [0.4, 0.5) is 5.69 Å². The maximum absolute atomic E-state index is 12.3. The molecule has 25 heavy (non-hydrogen) atoms. The van der Waals surface area contributed by atoms with E-state index >= 15 is 0 Å². The van der Waals surface area contributed by atoms with Crippen molar-refractivity contribution >= 4 is 34.3 Å². The standard InChI is InChI=1S/C19H14N2O2S2/c22-18(10-16-12-25-19(21-16)17-5-2-7-23-17)20-15-4-1-3-13(9-15)14-6-8-24-11-14/h1-9,11-12H,10H2,(H,20,22). The van der Waals surface area contributed by atoms with Gasteiger partial charge in [-0.1, -0.05) is 12.1 Å². The topological polar surface area (TPSA) is 55.1 Å². The Kier molecular flexibility index (Phi) is 4.45. The first-order chi connectivity index (χ1) is 12.3. The van der Waals surface area contributed by atoms with Crippen LogP contribution in [0, 0.1) is 0 Å². The molecule has 1 amide bonds. The van der Waals surface area contributed by atoms with E-state index in [4.69, 9.17) is 4.42 Å². The van der Waals surface area contributed by atoms with Gasteiger partial charge in [-0.05, 0) is 52.2 Å². The van der Waals surface area contributed by atoms with Crippen LogP contribution in [0.3, 0.4) is 0 Å². The Hall–Kier alpha value is -2.70. The number of anilines is 1. The van der Waals surface area contributed by atoms with Crippen molar-refractivity contribution < 1.29 is 9.21 Å². The van der Waals surface area contributed by atoms with Gasteiger partial charge in [-0.25, -0.2) is 4.98 Å². The first-order valence-corrected chi connectivity index (χ1v) is 9.51. The maximum atomic E-state index is 12.3. The average Bonchev–Trinajstić information content (AvgIpc) is 3.37. The fourth-order valence-electron chi connectivity index (χ4n) is 2.48. The molecule has 0 radical (unpaired) electrons. The highest BCUT2D eigenvalue weighted by Gasteiger charge is 2.11. The summed E-state index contributed by atoms with van der Waals surface area (Å²) in [6.45, 7) is 0. The van der Waals surface area contributed by atoms with Crippen molar-refractivity contribution in [3.63, 3.8) is 0 Å². The van der Waals surface area contributed by atoms with Crippen molar-refractivity contribution in [1.29, 1.82) is 0 Å². The second-order valence-corrected chi connectivity index (χ2v) is 7.08. The second kappa shape index (κ2) is 7.04. The lowest BCUT2D eigenvalue weighted by molar-refractivity contribution is -0.115. The van der Waals surface area contributed by atoms with Gasteiger partial charge in [0.1, 0.15) is 0 Å². The number of thiophene rings is 1. The number of benzene rings is 1. The molecule has 3 aromatic heterocycles. The van der Waals surface area contributed by atoms with Gasteiger partial charge in [0.25, 0.3) is 0 Å². The average molecular weight is 366 g/mol. The van der Waals surface area contributed by atoms with Gasteiger partial charge in [0.2, 0.25) is 5.91 Å². The van der Waals surface area contributed by atoms with Crippen LogP contribution >= 0.6 is 22.7 Å². The number of hydrogen-bond acceptors (Lipinski definition) is 5. The van der Waals surface area contributed by atoms with E-state index < -0.39 is 0 Å². The summed E-state index contributed by atoms with van der Waals surface area (Å²) in [6.07, 6.45) is 1.85. The summed E-state index contributed by atoms with van der Waals surface area (Å²) in [5, 5.41) is 9.75. The quantitative estimate of drug-likeness (QED) is 0.520. The first-order valence-electron chi connectivity index (χ1n) is 7.69. The molecule has 0 spiro atoms. The molecule has 0 bridgehead atoms. The summed E-state index contributed by atoms with van der Waals surface area (Å²) in [7, 11) is 0. The third kappa shape index (κ3) is 3.70. The molecule has 0 unspecified atom stereocenters. The molecule has 0 fully saturated rings. The predicted octanol–water partition coefficient (Wildman–Crippen LogP) is 5.31. The summed E-state index contributed by atoms with van der Waals surface area (Å²) in [5.41, 5.74) is 3.77. The molecular formula is C19H14N2O2S2. The van der Waals surface area contributed by atoms with Crippen LogP contribution < -0.4 is 5.32 Å². The lowest BCUT2D eigenvalue weighted by Crippen LogP contribution is -2.14. The third-order valence-corrected chi connectivity index (χ3v) is 5.22. The van der Waals surface area contributed by atoms with E-state index in [2.05, 4.69) is 21.7 Å². The molecule has 0 saturated carbocycles. The van der Waals surface area contributed by atoms with Crippen LogP contribution in [-0.4, -0.2) is 10.9 Å². The van der Waals surface area contributed by atoms with Crippen LogP contribution in [0.25, 0.3) is 21.9 Å². The molecule has 1 N–H and O–H groups in total. The molecule has 0 atom stereocenters. The van der Waals surface area contributed by atoms with E-state index in [9.17, 15) is 4.79 Å². The smallest absolute Gasteiger partial charge is 0.230 e. The van der Waals surface area contributed by atoms with E-state index in [0.29, 0.717) is 0 Å². The highest BCUT2D eigenvalue weighted by molar-refractivity contribution is 7.13. The molecule has 3 heterocycles. The zero-order valence-corrected chi connectivity index (χ0v) is 14.8. The highest BCUT2D eigenvalue weighted by atomic mass is 32.1. The van der Waals surface area contributed by atoms with Gasteiger partial charge in [0.15, 0.2) is 10.8 Å². The van der Waals surface area contributed by atoms with Crippen molar-refractivity contribution in [2.45, 2.75) is 6.42 Å². The Morgan fingerprint density at radius 2 is 2.08 bits per heavy atom. The maximum Gasteiger partial charge on any atom is 0.230 e. The SMILES string of the molecule is O=C(Cc1csc(-c2ccco2)n1)Nc1cccc(-c2ccsc2)c1. The van der Waals surface area contributed by atoms with Crippen molar-refractivity contribution in [2.24, 2.45) is 0 Å². The molecule has 0 aliphatic rings. The normalized spacial score (nSPS) is 10.7. The van der Waals surface area contributed by atoms with Crippen molar-refractivity contribution in [1.82, 2.24) is 4.98 Å². The van der Waals surface area contributed by atoms with E-state index in [1.807, 2.05) is 47.2 Å². The molecular weight excluding hydrogens is 352 g/mol. The van der Waals surface area contributed by atoms with Crippen LogP contribution in [0.2, 0.25) is 0 Å². The Morgan fingerprint density at radius 3 is 2.88 bits per heavy atom. The number of aromatic nitrogens is 1. The molecule has 4 nitrogen and oxygen atoms in total. The number of hydrogen-bond donors (Lipinski definition) is 1. The van der Waals surface area contributed by atoms with Gasteiger partial charge in [-0.2, -0.15) is 11.3 Å². The molecule has 0 aliphatic carbocycles. The number of nitrogens with zero attached hydrogens (tertiary/aromatic N) is 1. The van der Waals surface area contributed by atoms with Crippen LogP contribution in [0.5, 0.6) is 0 Å². The van der Waals surface area contributed by atoms with Gasteiger partial charge in [-0.3, -0.25) is 4.79 Å². The summed E-state index contributed by atoms with van der Waals surface area (Å²) in [4.78, 5) is 16.8. The van der Waals surface area contributed by atoms with Gasteiger partial charge in [-0.15, -0.1) is 11.3 Å². The molecule has 6 heteroatoms. The minimum absolute atomic E-state index is 0.0845. The highest BCUT2D eigenvalue weighted by Crippen LogP contribution is 2.26. The molecule has 0 saturated heterocycles. The lowest BCUT2D eigenvalue weighted by Gasteiger charge is -2.06. The van der Waals surface area contributed by atoms with Crippen LogP contribution in [-0.2, 0) is 11.2 Å². The van der Waals surface area contributed by atoms with Crippen molar-refractivity contribution in [3.05, 3.63) is 70.6 Å². The second-order valence-electron chi connectivity index (χ2n) is 5.44. The number of carbonyl (C=O) groups is 1. The number of carbonyl (C=O) groups excluding carboxylic acids is 1. The van der Waals surface area contributed by atoms with E-state index in [1.54, 1.807) is 17.6 Å². The Morgan fingerprint density at radius 1 is 1.12 bits per heavy atom. The summed E-state index contributed by atoms with van der Waals surface area (Å²) in [5.74, 6) is 0.638. The number of amides is 1. The van der Waals surface area contributed by atoms with E-state index in [1.165, 1.54) is 11.3 Å². The number of nitrogens with one attached hydrogen (secondary N) is 1. The first kappa shape index (κ1) is 15.8. The van der Waals surface area contributed by atoms with E-state index in [0.717, 1.165) is 33.3 Å². The summed E-state index contributed by atoms with van der Waals surface area (Å²) >= 11 is 3.13. The minimum atomic E-state index is -0.0845. The number of furan rings is 1. The van der Waals surface area contributed by atoms with Crippen molar-refractivity contribution in [2.75, 3.05) is 5.32 Å². The number of thiazole rings is 1. The Bertz CT molecular complexity index is 973. The summed E-state index contributed by atoms with van der Waals surface area (Å²) < 4.78 is 5.33. The number of rotatable bonds is 5. The van der Waals surface area contributed by atoms with Gasteiger partial charge in [0.05, 0.1) is 18.4 Å².